The molecule has 1 aromatic heterocycles. The number of anilines is 1. The molecule has 3 aromatic rings. The lowest BCUT2D eigenvalue weighted by Gasteiger charge is -2.24. The molecule has 0 spiro atoms. The summed E-state index contributed by atoms with van der Waals surface area (Å²) in [6.45, 7) is 6.34. The quantitative estimate of drug-likeness (QED) is 0.441. The zero-order chi connectivity index (χ0) is 22.1. The van der Waals surface area contributed by atoms with Crippen LogP contribution in [0.1, 0.15) is 37.9 Å². The number of ether oxygens (including phenoxy) is 1. The molecule has 1 N–H and O–H groups in total. The van der Waals surface area contributed by atoms with E-state index < -0.39 is 0 Å². The fraction of sp³-hybridized carbons (Fsp3) is 0.320. The van der Waals surface area contributed by atoms with Gasteiger partial charge in [-0.25, -0.2) is 9.18 Å². The number of urea groups is 1. The van der Waals surface area contributed by atoms with E-state index in [4.69, 9.17) is 4.74 Å². The Labute approximate surface area is 183 Å². The topological polar surface area (TPSA) is 46.5 Å². The highest BCUT2D eigenvalue weighted by atomic mass is 19.1. The van der Waals surface area contributed by atoms with Crippen molar-refractivity contribution in [1.29, 1.82) is 0 Å². The fourth-order valence-corrected chi connectivity index (χ4v) is 3.38. The average molecular weight is 424 g/mol. The lowest BCUT2D eigenvalue weighted by atomic mass is 10.2. The molecule has 0 unspecified atom stereocenters. The first-order chi connectivity index (χ1) is 15.1. The molecule has 0 bridgehead atoms. The fourth-order valence-electron chi connectivity index (χ4n) is 3.38. The Balaban J connectivity index is 1.69. The Bertz CT molecular complexity index is 969. The highest BCUT2D eigenvalue weighted by Crippen LogP contribution is 2.17. The molecule has 0 atom stereocenters. The van der Waals surface area contributed by atoms with E-state index >= 15 is 0 Å². The largest absolute Gasteiger partial charge is 0.494 e. The van der Waals surface area contributed by atoms with Crippen molar-refractivity contribution in [2.45, 2.75) is 39.8 Å². The summed E-state index contributed by atoms with van der Waals surface area (Å²) in [6.07, 6.45) is 3.88. The number of rotatable bonds is 10. The summed E-state index contributed by atoms with van der Waals surface area (Å²) < 4.78 is 21.1. The molecule has 0 aliphatic carbocycles. The number of unbranched alkanes of at least 4 members (excludes halogenated alkanes) is 1. The van der Waals surface area contributed by atoms with Crippen LogP contribution in [0.2, 0.25) is 0 Å². The third-order valence-corrected chi connectivity index (χ3v) is 5.00. The molecule has 164 valence electrons. The number of halogens is 1. The van der Waals surface area contributed by atoms with E-state index in [1.807, 2.05) is 60.5 Å². The van der Waals surface area contributed by atoms with Crippen molar-refractivity contribution in [3.63, 3.8) is 0 Å². The first-order valence-electron chi connectivity index (χ1n) is 10.8. The first-order valence-corrected chi connectivity index (χ1v) is 10.8. The second-order valence-corrected chi connectivity index (χ2v) is 7.42. The van der Waals surface area contributed by atoms with Gasteiger partial charge in [0.2, 0.25) is 0 Å². The zero-order valence-electron chi connectivity index (χ0n) is 18.2. The Morgan fingerprint density at radius 2 is 1.90 bits per heavy atom. The molecule has 2 aromatic carbocycles. The molecule has 0 saturated heterocycles. The number of amides is 2. The van der Waals surface area contributed by atoms with Gasteiger partial charge in [0.25, 0.3) is 0 Å². The van der Waals surface area contributed by atoms with Crippen LogP contribution in [0.25, 0.3) is 0 Å². The second kappa shape index (κ2) is 11.2. The van der Waals surface area contributed by atoms with E-state index in [0.717, 1.165) is 35.5 Å². The zero-order valence-corrected chi connectivity index (χ0v) is 18.2. The molecule has 0 fully saturated rings. The van der Waals surface area contributed by atoms with Gasteiger partial charge in [-0.3, -0.25) is 0 Å². The van der Waals surface area contributed by atoms with E-state index in [9.17, 15) is 9.18 Å². The third-order valence-electron chi connectivity index (χ3n) is 5.00. The Morgan fingerprint density at radius 3 is 2.61 bits per heavy atom. The number of benzene rings is 2. The molecule has 0 aliphatic heterocycles. The maximum Gasteiger partial charge on any atom is 0.322 e. The maximum absolute atomic E-state index is 13.5. The molecule has 5 nitrogen and oxygen atoms in total. The Kier molecular flexibility index (Phi) is 8.10. The normalized spacial score (nSPS) is 10.7. The minimum Gasteiger partial charge on any atom is -0.494 e. The van der Waals surface area contributed by atoms with Crippen LogP contribution in [0, 0.1) is 5.82 Å². The van der Waals surface area contributed by atoms with Crippen LogP contribution >= 0.6 is 0 Å². The molecule has 1 heterocycles. The van der Waals surface area contributed by atoms with Gasteiger partial charge < -0.3 is 19.5 Å². The van der Waals surface area contributed by atoms with Gasteiger partial charge in [-0.15, -0.1) is 0 Å². The van der Waals surface area contributed by atoms with Crippen LogP contribution in [0.4, 0.5) is 14.9 Å². The van der Waals surface area contributed by atoms with Crippen LogP contribution in [-0.2, 0) is 13.1 Å². The minimum atomic E-state index is -0.245. The predicted molar refractivity (Wildman–Crippen MR) is 122 cm³/mol. The van der Waals surface area contributed by atoms with E-state index in [1.54, 1.807) is 6.07 Å². The molecule has 0 radical (unpaired) electrons. The van der Waals surface area contributed by atoms with Crippen LogP contribution < -0.4 is 10.1 Å². The maximum atomic E-state index is 13.5. The van der Waals surface area contributed by atoms with Crippen molar-refractivity contribution in [3.8, 4) is 5.75 Å². The Hall–Kier alpha value is -3.28. The lowest BCUT2D eigenvalue weighted by Crippen LogP contribution is -2.36. The molecular weight excluding hydrogens is 393 g/mol. The number of aromatic nitrogens is 1. The highest BCUT2D eigenvalue weighted by Gasteiger charge is 2.16. The molecule has 2 amide bonds. The highest BCUT2D eigenvalue weighted by molar-refractivity contribution is 5.89. The molecule has 3 rings (SSSR count). The van der Waals surface area contributed by atoms with Gasteiger partial charge in [0.1, 0.15) is 11.6 Å². The standard InChI is InChI=1S/C25H30FN3O2/c1-3-5-15-29(25(30)27-22-11-13-24(14-12-22)31-4-2)19-23-10-7-16-28(23)18-20-8-6-9-21(26)17-20/h6-14,16-17H,3-5,15,18-19H2,1-2H3,(H,27,30). The van der Waals surface area contributed by atoms with E-state index in [0.29, 0.717) is 26.2 Å². The van der Waals surface area contributed by atoms with Gasteiger partial charge in [-0.05, 0) is 67.4 Å². The number of carbonyl (C=O) groups is 1. The SMILES string of the molecule is CCCCN(Cc1cccn1Cc1cccc(F)c1)C(=O)Nc1ccc(OCC)cc1. The number of hydrogen-bond acceptors (Lipinski definition) is 2. The van der Waals surface area contributed by atoms with Gasteiger partial charge in [0.05, 0.1) is 13.2 Å². The van der Waals surface area contributed by atoms with Gasteiger partial charge >= 0.3 is 6.03 Å². The number of hydrogen-bond donors (Lipinski definition) is 1. The van der Waals surface area contributed by atoms with Crippen LogP contribution in [0.3, 0.4) is 0 Å². The summed E-state index contributed by atoms with van der Waals surface area (Å²) in [5.41, 5.74) is 2.61. The monoisotopic (exact) mass is 423 g/mol. The van der Waals surface area contributed by atoms with Gasteiger partial charge in [-0.2, -0.15) is 0 Å². The van der Waals surface area contributed by atoms with Crippen molar-refractivity contribution >= 4 is 11.7 Å². The summed E-state index contributed by atoms with van der Waals surface area (Å²) in [6, 6.07) is 17.8. The smallest absolute Gasteiger partial charge is 0.322 e. The number of carbonyl (C=O) groups excluding carboxylic acids is 1. The van der Waals surface area contributed by atoms with Crippen LogP contribution in [-0.4, -0.2) is 28.6 Å². The lowest BCUT2D eigenvalue weighted by molar-refractivity contribution is 0.207. The van der Waals surface area contributed by atoms with Crippen molar-refractivity contribution in [2.24, 2.45) is 0 Å². The average Bonchev–Trinajstić information content (AvgIpc) is 3.19. The molecular formula is C25H30FN3O2. The van der Waals surface area contributed by atoms with Crippen molar-refractivity contribution in [3.05, 3.63) is 83.9 Å². The molecule has 0 saturated carbocycles. The Morgan fingerprint density at radius 1 is 1.10 bits per heavy atom. The molecule has 31 heavy (non-hydrogen) atoms. The van der Waals surface area contributed by atoms with Gasteiger partial charge in [0, 0.05) is 30.7 Å². The van der Waals surface area contributed by atoms with Crippen LogP contribution in [0.5, 0.6) is 5.75 Å². The summed E-state index contributed by atoms with van der Waals surface area (Å²) in [7, 11) is 0. The van der Waals surface area contributed by atoms with Gasteiger partial charge in [-0.1, -0.05) is 25.5 Å². The predicted octanol–water partition coefficient (Wildman–Crippen LogP) is 5.91. The van der Waals surface area contributed by atoms with Crippen molar-refractivity contribution < 1.29 is 13.9 Å². The minimum absolute atomic E-state index is 0.142. The van der Waals surface area contributed by atoms with Crippen molar-refractivity contribution in [2.75, 3.05) is 18.5 Å². The second-order valence-electron chi connectivity index (χ2n) is 7.42. The third kappa shape index (κ3) is 6.60. The first kappa shape index (κ1) is 22.4. The summed E-state index contributed by atoms with van der Waals surface area (Å²) in [4.78, 5) is 14.8. The number of nitrogens with one attached hydrogen (secondary N) is 1. The van der Waals surface area contributed by atoms with Gasteiger partial charge in [0.15, 0.2) is 0 Å². The van der Waals surface area contributed by atoms with E-state index in [1.165, 1.54) is 12.1 Å². The summed E-state index contributed by atoms with van der Waals surface area (Å²) in [5, 5.41) is 2.98. The van der Waals surface area contributed by atoms with Crippen LogP contribution in [0.15, 0.2) is 66.9 Å². The summed E-state index contributed by atoms with van der Waals surface area (Å²) in [5.74, 6) is 0.532. The molecule has 0 aliphatic rings. The van der Waals surface area contributed by atoms with Crippen molar-refractivity contribution in [1.82, 2.24) is 9.47 Å². The summed E-state index contributed by atoms with van der Waals surface area (Å²) >= 11 is 0. The number of nitrogens with zero attached hydrogens (tertiary/aromatic N) is 2. The van der Waals surface area contributed by atoms with E-state index in [-0.39, 0.29) is 11.8 Å². The molecule has 6 heteroatoms. The van der Waals surface area contributed by atoms with E-state index in [2.05, 4.69) is 16.8 Å².